The van der Waals surface area contributed by atoms with Crippen molar-refractivity contribution in [2.45, 2.75) is 26.2 Å². The molecule has 3 rings (SSSR count). The highest BCUT2D eigenvalue weighted by Crippen LogP contribution is 2.33. The molecule has 27 heavy (non-hydrogen) atoms. The van der Waals surface area contributed by atoms with Crippen LogP contribution in [0.5, 0.6) is 11.5 Å². The van der Waals surface area contributed by atoms with Crippen molar-refractivity contribution in [1.82, 2.24) is 0 Å². The van der Waals surface area contributed by atoms with Crippen LogP contribution < -0.4 is 19.7 Å². The largest absolute Gasteiger partial charge is 0.494 e. The first-order valence-electron chi connectivity index (χ1n) is 9.05. The maximum Gasteiger partial charge on any atom is 0.227 e. The summed E-state index contributed by atoms with van der Waals surface area (Å²) in [5, 5.41) is 2.84. The van der Waals surface area contributed by atoms with Crippen LogP contribution in [0.1, 0.15) is 24.8 Å². The van der Waals surface area contributed by atoms with Crippen molar-refractivity contribution in [3.05, 3.63) is 48.0 Å². The summed E-state index contributed by atoms with van der Waals surface area (Å²) in [6, 6.07) is 13.0. The summed E-state index contributed by atoms with van der Waals surface area (Å²) in [5.41, 5.74) is 2.40. The van der Waals surface area contributed by atoms with Crippen LogP contribution in [-0.2, 0) is 9.59 Å². The number of aryl methyl sites for hydroxylation is 1. The molecule has 0 spiro atoms. The Morgan fingerprint density at radius 1 is 1.19 bits per heavy atom. The summed E-state index contributed by atoms with van der Waals surface area (Å²) in [4.78, 5) is 25.9. The molecule has 142 valence electrons. The molecule has 0 unspecified atom stereocenters. The van der Waals surface area contributed by atoms with Gasteiger partial charge in [0.25, 0.3) is 0 Å². The Labute approximate surface area is 159 Å². The topological polar surface area (TPSA) is 67.9 Å². The number of carbonyl (C=O) groups excluding carboxylic acids is 2. The van der Waals surface area contributed by atoms with Gasteiger partial charge in [0.15, 0.2) is 0 Å². The second-order valence-corrected chi connectivity index (χ2v) is 6.45. The second-order valence-electron chi connectivity index (χ2n) is 6.45. The molecule has 2 aromatic carbocycles. The molecule has 2 amide bonds. The summed E-state index contributed by atoms with van der Waals surface area (Å²) in [6.45, 7) is 2.96. The fraction of sp³-hybridized carbons (Fsp3) is 0.333. The lowest BCUT2D eigenvalue weighted by atomic mass is 10.2. The van der Waals surface area contributed by atoms with Gasteiger partial charge in [-0.1, -0.05) is 18.2 Å². The first-order chi connectivity index (χ1) is 13.1. The summed E-state index contributed by atoms with van der Waals surface area (Å²) >= 11 is 0. The predicted molar refractivity (Wildman–Crippen MR) is 105 cm³/mol. The van der Waals surface area contributed by atoms with Crippen molar-refractivity contribution in [3.8, 4) is 11.5 Å². The van der Waals surface area contributed by atoms with Gasteiger partial charge in [-0.05, 0) is 37.1 Å². The zero-order valence-electron chi connectivity index (χ0n) is 15.7. The molecule has 6 heteroatoms. The van der Waals surface area contributed by atoms with Gasteiger partial charge in [-0.25, -0.2) is 0 Å². The number of amides is 2. The van der Waals surface area contributed by atoms with Crippen LogP contribution in [0.25, 0.3) is 0 Å². The minimum atomic E-state index is -0.143. The molecule has 1 fully saturated rings. The van der Waals surface area contributed by atoms with E-state index in [4.69, 9.17) is 9.47 Å². The van der Waals surface area contributed by atoms with E-state index in [-0.39, 0.29) is 18.2 Å². The van der Waals surface area contributed by atoms with Crippen molar-refractivity contribution in [1.29, 1.82) is 0 Å². The molecule has 2 aromatic rings. The Morgan fingerprint density at radius 3 is 2.70 bits per heavy atom. The van der Waals surface area contributed by atoms with E-state index in [1.54, 1.807) is 24.1 Å². The van der Waals surface area contributed by atoms with Crippen LogP contribution in [0.3, 0.4) is 0 Å². The highest BCUT2D eigenvalue weighted by molar-refractivity contribution is 5.98. The van der Waals surface area contributed by atoms with Gasteiger partial charge in [-0.3, -0.25) is 9.59 Å². The Kier molecular flexibility index (Phi) is 5.96. The molecule has 1 aliphatic rings. The van der Waals surface area contributed by atoms with Crippen LogP contribution in [0.15, 0.2) is 42.5 Å². The third kappa shape index (κ3) is 4.58. The highest BCUT2D eigenvalue weighted by Gasteiger charge is 2.24. The number of benzene rings is 2. The van der Waals surface area contributed by atoms with E-state index in [1.807, 2.05) is 37.3 Å². The van der Waals surface area contributed by atoms with E-state index in [1.165, 1.54) is 0 Å². The average Bonchev–Trinajstić information content (AvgIpc) is 3.09. The van der Waals surface area contributed by atoms with E-state index < -0.39 is 0 Å². The molecule has 1 N–H and O–H groups in total. The van der Waals surface area contributed by atoms with Gasteiger partial charge in [0.1, 0.15) is 11.5 Å². The quantitative estimate of drug-likeness (QED) is 0.812. The number of ether oxygens (including phenoxy) is 2. The summed E-state index contributed by atoms with van der Waals surface area (Å²) < 4.78 is 11.1. The first kappa shape index (κ1) is 18.8. The number of hydrogen-bond donors (Lipinski definition) is 1. The molecule has 0 saturated carbocycles. The van der Waals surface area contributed by atoms with Gasteiger partial charge in [0, 0.05) is 24.7 Å². The standard InChI is InChI=1S/C21H24N2O4/c1-15-6-3-4-7-18(15)27-13-11-20(24)22-16-9-10-17(19(14-16)26-2)23-12-5-8-21(23)25/h3-4,6-7,9-10,14H,5,8,11-13H2,1-2H3,(H,22,24). The van der Waals surface area contributed by atoms with Crippen LogP contribution in [0, 0.1) is 6.92 Å². The lowest BCUT2D eigenvalue weighted by Crippen LogP contribution is -2.24. The maximum absolute atomic E-state index is 12.2. The summed E-state index contributed by atoms with van der Waals surface area (Å²) in [5.74, 6) is 1.31. The number of hydrogen-bond acceptors (Lipinski definition) is 4. The van der Waals surface area contributed by atoms with Gasteiger partial charge in [-0.2, -0.15) is 0 Å². The molecule has 0 aromatic heterocycles. The second kappa shape index (κ2) is 8.58. The fourth-order valence-corrected chi connectivity index (χ4v) is 3.08. The van der Waals surface area contributed by atoms with Crippen LogP contribution >= 0.6 is 0 Å². The van der Waals surface area contributed by atoms with E-state index >= 15 is 0 Å². The molecule has 1 saturated heterocycles. The number of rotatable bonds is 7. The van der Waals surface area contributed by atoms with Crippen molar-refractivity contribution in [2.24, 2.45) is 0 Å². The van der Waals surface area contributed by atoms with Crippen molar-refractivity contribution in [2.75, 3.05) is 30.5 Å². The molecular formula is C21H24N2O4. The zero-order chi connectivity index (χ0) is 19.2. The van der Waals surface area contributed by atoms with Crippen molar-refractivity contribution in [3.63, 3.8) is 0 Å². The molecule has 0 atom stereocenters. The fourth-order valence-electron chi connectivity index (χ4n) is 3.08. The average molecular weight is 368 g/mol. The van der Waals surface area contributed by atoms with E-state index in [9.17, 15) is 9.59 Å². The SMILES string of the molecule is COc1cc(NC(=O)CCOc2ccccc2C)ccc1N1CCCC1=O. The molecule has 0 radical (unpaired) electrons. The lowest BCUT2D eigenvalue weighted by molar-refractivity contribution is -0.117. The van der Waals surface area contributed by atoms with E-state index in [2.05, 4.69) is 5.32 Å². The van der Waals surface area contributed by atoms with Gasteiger partial charge < -0.3 is 19.7 Å². The molecule has 0 bridgehead atoms. The predicted octanol–water partition coefficient (Wildman–Crippen LogP) is 3.54. The normalized spacial score (nSPS) is 13.6. The number of carbonyl (C=O) groups is 2. The third-order valence-electron chi connectivity index (χ3n) is 4.51. The Balaban J connectivity index is 1.57. The van der Waals surface area contributed by atoms with Crippen molar-refractivity contribution < 1.29 is 19.1 Å². The Hall–Kier alpha value is -3.02. The maximum atomic E-state index is 12.2. The Morgan fingerprint density at radius 2 is 2.00 bits per heavy atom. The first-order valence-corrected chi connectivity index (χ1v) is 9.05. The van der Waals surface area contributed by atoms with E-state index in [0.717, 1.165) is 23.4 Å². The molecule has 0 aliphatic carbocycles. The minimum absolute atomic E-state index is 0.0958. The third-order valence-corrected chi connectivity index (χ3v) is 4.51. The molecular weight excluding hydrogens is 344 g/mol. The lowest BCUT2D eigenvalue weighted by Gasteiger charge is -2.19. The molecule has 1 heterocycles. The monoisotopic (exact) mass is 368 g/mol. The van der Waals surface area contributed by atoms with Gasteiger partial charge in [-0.15, -0.1) is 0 Å². The molecule has 6 nitrogen and oxygen atoms in total. The van der Waals surface area contributed by atoms with E-state index in [0.29, 0.717) is 31.0 Å². The Bertz CT molecular complexity index is 835. The number of methoxy groups -OCH3 is 1. The highest BCUT2D eigenvalue weighted by atomic mass is 16.5. The number of para-hydroxylation sites is 1. The van der Waals surface area contributed by atoms with Crippen LogP contribution in [-0.4, -0.2) is 32.1 Å². The van der Waals surface area contributed by atoms with Crippen molar-refractivity contribution >= 4 is 23.2 Å². The molecule has 1 aliphatic heterocycles. The minimum Gasteiger partial charge on any atom is -0.494 e. The number of anilines is 2. The van der Waals surface area contributed by atoms with Crippen LogP contribution in [0.4, 0.5) is 11.4 Å². The number of nitrogens with zero attached hydrogens (tertiary/aromatic N) is 1. The van der Waals surface area contributed by atoms with Gasteiger partial charge in [0.2, 0.25) is 11.8 Å². The summed E-state index contributed by atoms with van der Waals surface area (Å²) in [7, 11) is 1.56. The van der Waals surface area contributed by atoms with Gasteiger partial charge >= 0.3 is 0 Å². The smallest absolute Gasteiger partial charge is 0.227 e. The van der Waals surface area contributed by atoms with Gasteiger partial charge in [0.05, 0.1) is 25.8 Å². The zero-order valence-corrected chi connectivity index (χ0v) is 15.7. The summed E-state index contributed by atoms with van der Waals surface area (Å²) in [6.07, 6.45) is 1.65. The number of nitrogens with one attached hydrogen (secondary N) is 1. The van der Waals surface area contributed by atoms with Crippen LogP contribution in [0.2, 0.25) is 0 Å².